The topological polar surface area (TPSA) is 75.4 Å². The van der Waals surface area contributed by atoms with Crippen molar-refractivity contribution in [2.75, 3.05) is 6.54 Å². The summed E-state index contributed by atoms with van der Waals surface area (Å²) in [5.74, 6) is 0.215. The van der Waals surface area contributed by atoms with Gasteiger partial charge in [-0.1, -0.05) is 67.6 Å². The van der Waals surface area contributed by atoms with Gasteiger partial charge in [-0.15, -0.1) is 0 Å². The average Bonchev–Trinajstić information content (AvgIpc) is 2.80. The summed E-state index contributed by atoms with van der Waals surface area (Å²) >= 11 is 0. The first-order chi connectivity index (χ1) is 16.2. The summed E-state index contributed by atoms with van der Waals surface area (Å²) in [6.45, 7) is 6.65. The molecule has 1 aliphatic heterocycles. The van der Waals surface area contributed by atoms with Crippen molar-refractivity contribution in [3.63, 3.8) is 0 Å². The minimum atomic E-state index is -1.09. The molecule has 3 aromatic rings. The summed E-state index contributed by atoms with van der Waals surface area (Å²) in [7, 11) is 0. The molecule has 2 heterocycles. The summed E-state index contributed by atoms with van der Waals surface area (Å²) in [4.78, 5) is 32.3. The smallest absolute Gasteiger partial charge is 0.253 e. The lowest BCUT2D eigenvalue weighted by molar-refractivity contribution is -0.148. The SMILES string of the molecule is CC(CC(=O)N1CC[C@](O)(Cn2cnc(-c3ccccc3)cc2=O)CC1(C)C)c1ccccc1. The van der Waals surface area contributed by atoms with E-state index < -0.39 is 11.1 Å². The number of hydrogen-bond acceptors (Lipinski definition) is 4. The van der Waals surface area contributed by atoms with Crippen LogP contribution in [0.1, 0.15) is 51.5 Å². The first-order valence-electron chi connectivity index (χ1n) is 11.9. The number of hydrogen-bond donors (Lipinski definition) is 1. The molecule has 0 saturated carbocycles. The van der Waals surface area contributed by atoms with Crippen LogP contribution in [0, 0.1) is 0 Å². The van der Waals surface area contributed by atoms with Crippen LogP contribution in [0.5, 0.6) is 0 Å². The van der Waals surface area contributed by atoms with Crippen LogP contribution in [-0.2, 0) is 11.3 Å². The van der Waals surface area contributed by atoms with E-state index in [0.717, 1.165) is 11.1 Å². The van der Waals surface area contributed by atoms with Gasteiger partial charge in [0.25, 0.3) is 5.56 Å². The van der Waals surface area contributed by atoms with Crippen LogP contribution in [0.2, 0.25) is 0 Å². The zero-order chi connectivity index (χ0) is 24.3. The molecule has 6 nitrogen and oxygen atoms in total. The predicted molar refractivity (Wildman–Crippen MR) is 133 cm³/mol. The summed E-state index contributed by atoms with van der Waals surface area (Å²) in [5, 5.41) is 11.4. The summed E-state index contributed by atoms with van der Waals surface area (Å²) < 4.78 is 1.47. The van der Waals surface area contributed by atoms with E-state index in [9.17, 15) is 14.7 Å². The van der Waals surface area contributed by atoms with Crippen LogP contribution >= 0.6 is 0 Å². The van der Waals surface area contributed by atoms with Crippen molar-refractivity contribution >= 4 is 5.91 Å². The van der Waals surface area contributed by atoms with Crippen LogP contribution in [0.3, 0.4) is 0 Å². The molecule has 0 bridgehead atoms. The minimum Gasteiger partial charge on any atom is -0.388 e. The Hall–Kier alpha value is -3.25. The molecule has 1 fully saturated rings. The number of carbonyl (C=O) groups is 1. The molecule has 1 amide bonds. The number of aromatic nitrogens is 2. The molecular weight excluding hydrogens is 426 g/mol. The van der Waals surface area contributed by atoms with Crippen LogP contribution in [0.4, 0.5) is 0 Å². The van der Waals surface area contributed by atoms with Crippen LogP contribution < -0.4 is 5.56 Å². The number of benzene rings is 2. The second kappa shape index (κ2) is 9.55. The number of aliphatic hydroxyl groups is 1. The lowest BCUT2D eigenvalue weighted by Crippen LogP contribution is -2.59. The van der Waals surface area contributed by atoms with Crippen molar-refractivity contribution in [3.8, 4) is 11.3 Å². The van der Waals surface area contributed by atoms with Crippen molar-refractivity contribution in [2.24, 2.45) is 0 Å². The largest absolute Gasteiger partial charge is 0.388 e. The fraction of sp³-hybridized carbons (Fsp3) is 0.393. The van der Waals surface area contributed by atoms with E-state index in [1.54, 1.807) is 0 Å². The fourth-order valence-electron chi connectivity index (χ4n) is 5.11. The Labute approximate surface area is 200 Å². The van der Waals surface area contributed by atoms with Gasteiger partial charge in [-0.2, -0.15) is 0 Å². The molecule has 4 rings (SSSR count). The van der Waals surface area contributed by atoms with Crippen LogP contribution in [0.25, 0.3) is 11.3 Å². The molecule has 0 radical (unpaired) electrons. The number of likely N-dealkylation sites (tertiary alicyclic amines) is 1. The van der Waals surface area contributed by atoms with Gasteiger partial charge in [0.2, 0.25) is 5.91 Å². The molecule has 1 N–H and O–H groups in total. The lowest BCUT2D eigenvalue weighted by Gasteiger charge is -2.49. The molecule has 1 aliphatic rings. The van der Waals surface area contributed by atoms with Gasteiger partial charge >= 0.3 is 0 Å². The molecule has 0 aliphatic carbocycles. The number of amides is 1. The summed E-state index contributed by atoms with van der Waals surface area (Å²) in [6.07, 6.45) is 2.73. The Morgan fingerprint density at radius 2 is 1.74 bits per heavy atom. The van der Waals surface area contributed by atoms with E-state index in [2.05, 4.69) is 11.9 Å². The van der Waals surface area contributed by atoms with Gasteiger partial charge in [0.1, 0.15) is 0 Å². The molecule has 1 saturated heterocycles. The second-order valence-electron chi connectivity index (χ2n) is 10.1. The maximum atomic E-state index is 13.2. The third kappa shape index (κ3) is 5.28. The second-order valence-corrected chi connectivity index (χ2v) is 10.1. The number of nitrogens with zero attached hydrogens (tertiary/aromatic N) is 3. The zero-order valence-corrected chi connectivity index (χ0v) is 20.1. The van der Waals surface area contributed by atoms with Crippen molar-refractivity contribution in [1.29, 1.82) is 0 Å². The normalized spacial score (nSPS) is 20.6. The van der Waals surface area contributed by atoms with E-state index in [0.29, 0.717) is 31.5 Å². The minimum absolute atomic E-state index is 0.0921. The molecule has 1 unspecified atom stereocenters. The average molecular weight is 460 g/mol. The van der Waals surface area contributed by atoms with E-state index in [4.69, 9.17) is 0 Å². The van der Waals surface area contributed by atoms with Gasteiger partial charge in [0.05, 0.1) is 24.2 Å². The maximum absolute atomic E-state index is 13.2. The number of piperidine rings is 1. The van der Waals surface area contributed by atoms with E-state index in [-0.39, 0.29) is 23.9 Å². The molecule has 178 valence electrons. The molecule has 34 heavy (non-hydrogen) atoms. The Morgan fingerprint density at radius 3 is 2.35 bits per heavy atom. The van der Waals surface area contributed by atoms with Crippen molar-refractivity contribution < 1.29 is 9.90 Å². The fourth-order valence-corrected chi connectivity index (χ4v) is 5.11. The van der Waals surface area contributed by atoms with Crippen LogP contribution in [0.15, 0.2) is 77.9 Å². The highest BCUT2D eigenvalue weighted by atomic mass is 16.3. The highest BCUT2D eigenvalue weighted by Crippen LogP contribution is 2.36. The zero-order valence-electron chi connectivity index (χ0n) is 20.1. The summed E-state index contributed by atoms with van der Waals surface area (Å²) in [6, 6.07) is 21.1. The molecule has 2 atom stereocenters. The van der Waals surface area contributed by atoms with E-state index in [1.165, 1.54) is 17.0 Å². The van der Waals surface area contributed by atoms with Crippen LogP contribution in [-0.4, -0.2) is 43.1 Å². The summed E-state index contributed by atoms with van der Waals surface area (Å²) in [5.41, 5.74) is 0.820. The van der Waals surface area contributed by atoms with Gasteiger partial charge < -0.3 is 10.0 Å². The van der Waals surface area contributed by atoms with Crippen molar-refractivity contribution in [3.05, 3.63) is 89.0 Å². The van der Waals surface area contributed by atoms with Gasteiger partial charge in [-0.3, -0.25) is 14.2 Å². The van der Waals surface area contributed by atoms with Gasteiger partial charge in [0, 0.05) is 36.6 Å². The Balaban J connectivity index is 1.44. The number of carbonyl (C=O) groups excluding carboxylic acids is 1. The predicted octanol–water partition coefficient (Wildman–Crippen LogP) is 4.24. The molecular formula is C28H33N3O3. The lowest BCUT2D eigenvalue weighted by atomic mass is 9.78. The first kappa shape index (κ1) is 23.9. The highest BCUT2D eigenvalue weighted by molar-refractivity contribution is 5.78. The highest BCUT2D eigenvalue weighted by Gasteiger charge is 2.45. The monoisotopic (exact) mass is 459 g/mol. The third-order valence-electron chi connectivity index (χ3n) is 6.86. The Morgan fingerprint density at radius 1 is 1.09 bits per heavy atom. The van der Waals surface area contributed by atoms with E-state index in [1.807, 2.05) is 79.4 Å². The van der Waals surface area contributed by atoms with Gasteiger partial charge in [0.15, 0.2) is 0 Å². The van der Waals surface area contributed by atoms with Crippen molar-refractivity contribution in [2.45, 2.75) is 63.6 Å². The van der Waals surface area contributed by atoms with Crippen molar-refractivity contribution in [1.82, 2.24) is 14.5 Å². The maximum Gasteiger partial charge on any atom is 0.253 e. The Bertz CT molecular complexity index is 1190. The first-order valence-corrected chi connectivity index (χ1v) is 11.9. The molecule has 6 heteroatoms. The standard InChI is InChI=1S/C28H33N3O3/c1-21(22-10-6-4-7-11-22)16-26(33)31-15-14-28(34,18-27(31,2)3)19-30-20-29-24(17-25(30)32)23-12-8-5-9-13-23/h4-13,17,20-21,34H,14-16,18-19H2,1-3H3/t21?,28-/m1/s1. The molecule has 2 aromatic carbocycles. The third-order valence-corrected chi connectivity index (χ3v) is 6.86. The van der Waals surface area contributed by atoms with Gasteiger partial charge in [-0.25, -0.2) is 4.98 Å². The Kier molecular flexibility index (Phi) is 6.71. The number of rotatable bonds is 6. The quantitative estimate of drug-likeness (QED) is 0.598. The molecule has 1 aromatic heterocycles. The van der Waals surface area contributed by atoms with Gasteiger partial charge in [-0.05, 0) is 31.7 Å². The molecule has 0 spiro atoms. The van der Waals surface area contributed by atoms with E-state index >= 15 is 0 Å².